The maximum absolute atomic E-state index is 10.7. The number of hydrogen-bond acceptors (Lipinski definition) is 1. The zero-order chi connectivity index (χ0) is 9.47. The van der Waals surface area contributed by atoms with E-state index in [9.17, 15) is 4.79 Å². The molecular weight excluding hydrogens is 164 g/mol. The molecule has 2 saturated carbocycles. The summed E-state index contributed by atoms with van der Waals surface area (Å²) in [6.07, 6.45) is 8.38. The normalized spacial score (nSPS) is 38.2. The molecule has 2 aliphatic rings. The molecule has 0 bridgehead atoms. The Morgan fingerprint density at radius 3 is 2.92 bits per heavy atom. The third-order valence-corrected chi connectivity index (χ3v) is 3.57. The molecule has 0 aromatic heterocycles. The number of aliphatic carboxylic acids is 1. The van der Waals surface area contributed by atoms with Gasteiger partial charge in [-0.25, -0.2) is 4.79 Å². The van der Waals surface area contributed by atoms with Gasteiger partial charge in [0.1, 0.15) is 0 Å². The average molecular weight is 180 g/mol. The molecule has 0 aromatic carbocycles. The van der Waals surface area contributed by atoms with Gasteiger partial charge in [-0.3, -0.25) is 0 Å². The van der Waals surface area contributed by atoms with Crippen molar-refractivity contribution in [2.24, 2.45) is 11.3 Å². The molecule has 2 fully saturated rings. The molecule has 0 heterocycles. The Hall–Kier alpha value is -0.790. The first kappa shape index (κ1) is 8.79. The fourth-order valence-corrected chi connectivity index (χ4v) is 2.68. The highest BCUT2D eigenvalue weighted by atomic mass is 16.4. The van der Waals surface area contributed by atoms with Crippen molar-refractivity contribution in [3.8, 4) is 0 Å². The van der Waals surface area contributed by atoms with Crippen molar-refractivity contribution in [1.29, 1.82) is 0 Å². The maximum atomic E-state index is 10.7. The molecule has 0 spiro atoms. The first-order chi connectivity index (χ1) is 6.14. The summed E-state index contributed by atoms with van der Waals surface area (Å²) in [6, 6.07) is 0. The van der Waals surface area contributed by atoms with Crippen LogP contribution in [0.15, 0.2) is 11.6 Å². The molecule has 0 radical (unpaired) electrons. The summed E-state index contributed by atoms with van der Waals surface area (Å²) in [4.78, 5) is 10.7. The van der Waals surface area contributed by atoms with Crippen LogP contribution in [-0.4, -0.2) is 11.1 Å². The van der Waals surface area contributed by atoms with Crippen LogP contribution in [0, 0.1) is 11.3 Å². The summed E-state index contributed by atoms with van der Waals surface area (Å²) >= 11 is 0. The lowest BCUT2D eigenvalue weighted by atomic mass is 9.87. The Balaban J connectivity index is 2.10. The van der Waals surface area contributed by atoms with Gasteiger partial charge in [0.25, 0.3) is 0 Å². The van der Waals surface area contributed by atoms with E-state index >= 15 is 0 Å². The molecule has 13 heavy (non-hydrogen) atoms. The molecule has 2 aliphatic carbocycles. The van der Waals surface area contributed by atoms with Crippen molar-refractivity contribution in [2.45, 2.75) is 39.0 Å². The van der Waals surface area contributed by atoms with E-state index in [0.29, 0.717) is 11.0 Å². The SMILES string of the molecule is CC(=CC12CCCCC1C2)C(=O)O. The van der Waals surface area contributed by atoms with E-state index < -0.39 is 5.97 Å². The molecule has 1 N–H and O–H groups in total. The van der Waals surface area contributed by atoms with Gasteiger partial charge < -0.3 is 5.11 Å². The van der Waals surface area contributed by atoms with Gasteiger partial charge in [0.05, 0.1) is 0 Å². The van der Waals surface area contributed by atoms with E-state index in [1.807, 2.05) is 6.08 Å². The monoisotopic (exact) mass is 180 g/mol. The number of carbonyl (C=O) groups is 1. The number of fused-ring (bicyclic) bond motifs is 1. The quantitative estimate of drug-likeness (QED) is 0.663. The smallest absolute Gasteiger partial charge is 0.330 e. The summed E-state index contributed by atoms with van der Waals surface area (Å²) in [7, 11) is 0. The highest BCUT2D eigenvalue weighted by molar-refractivity contribution is 5.86. The standard InChI is InChI=1S/C11H16O2/c1-8(10(12)13)6-11-5-3-2-4-9(11)7-11/h6,9H,2-5,7H2,1H3,(H,12,13). The van der Waals surface area contributed by atoms with Crippen LogP contribution in [0.2, 0.25) is 0 Å². The Kier molecular flexibility index (Phi) is 1.94. The minimum absolute atomic E-state index is 0.306. The molecule has 2 nitrogen and oxygen atoms in total. The molecule has 0 saturated heterocycles. The van der Waals surface area contributed by atoms with Crippen molar-refractivity contribution in [2.75, 3.05) is 0 Å². The van der Waals surface area contributed by atoms with Gasteiger partial charge in [0.2, 0.25) is 0 Å². The van der Waals surface area contributed by atoms with Gasteiger partial charge in [-0.1, -0.05) is 18.9 Å². The maximum Gasteiger partial charge on any atom is 0.330 e. The Morgan fingerprint density at radius 2 is 2.31 bits per heavy atom. The van der Waals surface area contributed by atoms with Crippen LogP contribution in [0.3, 0.4) is 0 Å². The van der Waals surface area contributed by atoms with Crippen molar-refractivity contribution in [3.05, 3.63) is 11.6 Å². The third-order valence-electron chi connectivity index (χ3n) is 3.57. The Labute approximate surface area is 78.6 Å². The van der Waals surface area contributed by atoms with Crippen LogP contribution < -0.4 is 0 Å². The first-order valence-electron chi connectivity index (χ1n) is 5.07. The van der Waals surface area contributed by atoms with E-state index in [4.69, 9.17) is 5.11 Å². The summed E-state index contributed by atoms with van der Waals surface area (Å²) in [5, 5.41) is 8.78. The zero-order valence-corrected chi connectivity index (χ0v) is 8.05. The molecule has 0 aromatic rings. The van der Waals surface area contributed by atoms with E-state index in [1.165, 1.54) is 32.1 Å². The lowest BCUT2D eigenvalue weighted by Gasteiger charge is -2.18. The van der Waals surface area contributed by atoms with E-state index in [2.05, 4.69) is 0 Å². The van der Waals surface area contributed by atoms with Crippen molar-refractivity contribution in [1.82, 2.24) is 0 Å². The highest BCUT2D eigenvalue weighted by Gasteiger charge is 2.52. The number of carboxylic acids is 1. The van der Waals surface area contributed by atoms with Gasteiger partial charge in [0, 0.05) is 5.57 Å². The number of allylic oxidation sites excluding steroid dienone is 1. The number of hydrogen-bond donors (Lipinski definition) is 1. The Morgan fingerprint density at radius 1 is 1.54 bits per heavy atom. The average Bonchev–Trinajstić information content (AvgIpc) is 2.77. The zero-order valence-electron chi connectivity index (χ0n) is 8.05. The number of rotatable bonds is 2. The van der Waals surface area contributed by atoms with E-state index in [1.54, 1.807) is 6.92 Å². The third kappa shape index (κ3) is 1.50. The molecule has 0 aliphatic heterocycles. The summed E-state index contributed by atoms with van der Waals surface area (Å²) in [6.45, 7) is 1.71. The Bertz CT molecular complexity index is 267. The molecule has 2 rings (SSSR count). The van der Waals surface area contributed by atoms with Crippen molar-refractivity contribution < 1.29 is 9.90 Å². The topological polar surface area (TPSA) is 37.3 Å². The predicted octanol–water partition coefficient (Wildman–Crippen LogP) is 2.60. The van der Waals surface area contributed by atoms with Crippen LogP contribution in [0.5, 0.6) is 0 Å². The van der Waals surface area contributed by atoms with Crippen molar-refractivity contribution in [3.63, 3.8) is 0 Å². The molecule has 2 unspecified atom stereocenters. The molecule has 0 amide bonds. The van der Waals surface area contributed by atoms with Crippen LogP contribution >= 0.6 is 0 Å². The largest absolute Gasteiger partial charge is 0.478 e. The van der Waals surface area contributed by atoms with E-state index in [0.717, 1.165) is 5.92 Å². The molecule has 72 valence electrons. The predicted molar refractivity (Wildman–Crippen MR) is 50.4 cm³/mol. The second kappa shape index (κ2) is 2.86. The van der Waals surface area contributed by atoms with Gasteiger partial charge in [-0.05, 0) is 37.5 Å². The lowest BCUT2D eigenvalue weighted by molar-refractivity contribution is -0.132. The number of carboxylic acid groups (broad SMARTS) is 1. The van der Waals surface area contributed by atoms with E-state index in [-0.39, 0.29) is 0 Å². The van der Waals surface area contributed by atoms with Crippen molar-refractivity contribution >= 4 is 5.97 Å². The second-order valence-electron chi connectivity index (χ2n) is 4.51. The molecular formula is C11H16O2. The van der Waals surface area contributed by atoms with Gasteiger partial charge >= 0.3 is 5.97 Å². The van der Waals surface area contributed by atoms with Gasteiger partial charge in [-0.15, -0.1) is 0 Å². The van der Waals surface area contributed by atoms with Crippen LogP contribution in [-0.2, 0) is 4.79 Å². The first-order valence-corrected chi connectivity index (χ1v) is 5.07. The summed E-state index contributed by atoms with van der Waals surface area (Å²) < 4.78 is 0. The fourth-order valence-electron chi connectivity index (χ4n) is 2.68. The van der Waals surface area contributed by atoms with Crippen LogP contribution in [0.4, 0.5) is 0 Å². The molecule has 2 atom stereocenters. The molecule has 2 heteroatoms. The second-order valence-corrected chi connectivity index (χ2v) is 4.51. The minimum atomic E-state index is -0.759. The minimum Gasteiger partial charge on any atom is -0.478 e. The highest BCUT2D eigenvalue weighted by Crippen LogP contribution is 2.62. The lowest BCUT2D eigenvalue weighted by Crippen LogP contribution is -2.09. The van der Waals surface area contributed by atoms with Crippen LogP contribution in [0.1, 0.15) is 39.0 Å². The van der Waals surface area contributed by atoms with Crippen LogP contribution in [0.25, 0.3) is 0 Å². The van der Waals surface area contributed by atoms with Gasteiger partial charge in [0.15, 0.2) is 0 Å². The fraction of sp³-hybridized carbons (Fsp3) is 0.727. The summed E-state index contributed by atoms with van der Waals surface area (Å²) in [5.41, 5.74) is 0.838. The van der Waals surface area contributed by atoms with Gasteiger partial charge in [-0.2, -0.15) is 0 Å². The summed E-state index contributed by atoms with van der Waals surface area (Å²) in [5.74, 6) is 0.0427.